The maximum atomic E-state index is 13.3. The van der Waals surface area contributed by atoms with Gasteiger partial charge in [-0.05, 0) is 30.7 Å². The summed E-state index contributed by atoms with van der Waals surface area (Å²) < 4.78 is 1.34. The number of nitrogens with zero attached hydrogens (tertiary/aromatic N) is 3. The van der Waals surface area contributed by atoms with E-state index in [2.05, 4.69) is 4.98 Å². The predicted octanol–water partition coefficient (Wildman–Crippen LogP) is 3.20. The van der Waals surface area contributed by atoms with Gasteiger partial charge in [0, 0.05) is 10.9 Å². The van der Waals surface area contributed by atoms with E-state index >= 15 is 0 Å². The summed E-state index contributed by atoms with van der Waals surface area (Å²) in [5.41, 5.74) is 1.94. The Morgan fingerprint density at radius 2 is 1.75 bits per heavy atom. The standard InChI is InChI=1S/C21H13N3O3S/c25-18-13-8-4-9-14(13)22-21-24(18)16-17(28-21)20(27)23(19(16)26)15-10-3-6-11-5-1-2-7-12(11)15/h1-3,5-7,10H,4,8-9H2. The van der Waals surface area contributed by atoms with Crippen LogP contribution >= 0.6 is 11.3 Å². The van der Waals surface area contributed by atoms with Crippen LogP contribution in [0.5, 0.6) is 0 Å². The Bertz CT molecular complexity index is 1410. The first kappa shape index (κ1) is 15.7. The first-order valence-electron chi connectivity index (χ1n) is 9.09. The first-order valence-corrected chi connectivity index (χ1v) is 9.90. The molecule has 0 saturated carbocycles. The number of imide groups is 1. The lowest BCUT2D eigenvalue weighted by molar-refractivity contribution is 0.0925. The zero-order chi connectivity index (χ0) is 19.0. The molecule has 6 rings (SSSR count). The number of hydrogen-bond donors (Lipinski definition) is 0. The highest BCUT2D eigenvalue weighted by atomic mass is 32.1. The molecule has 2 aromatic carbocycles. The van der Waals surface area contributed by atoms with Gasteiger partial charge in [-0.1, -0.05) is 47.7 Å². The Morgan fingerprint density at radius 3 is 2.64 bits per heavy atom. The van der Waals surface area contributed by atoms with Crippen molar-refractivity contribution in [3.05, 3.63) is 74.6 Å². The van der Waals surface area contributed by atoms with Crippen LogP contribution in [0.25, 0.3) is 15.7 Å². The summed E-state index contributed by atoms with van der Waals surface area (Å²) >= 11 is 1.12. The maximum Gasteiger partial charge on any atom is 0.284 e. The summed E-state index contributed by atoms with van der Waals surface area (Å²) in [6.45, 7) is 0. The van der Waals surface area contributed by atoms with Gasteiger partial charge >= 0.3 is 0 Å². The Labute approximate surface area is 162 Å². The molecule has 1 aliphatic heterocycles. The summed E-state index contributed by atoms with van der Waals surface area (Å²) in [5, 5.41) is 1.76. The van der Waals surface area contributed by atoms with E-state index in [1.807, 2.05) is 36.4 Å². The normalized spacial score (nSPS) is 15.6. The van der Waals surface area contributed by atoms with Crippen LogP contribution in [-0.2, 0) is 12.8 Å². The summed E-state index contributed by atoms with van der Waals surface area (Å²) in [7, 11) is 0. The molecule has 6 nitrogen and oxygen atoms in total. The van der Waals surface area contributed by atoms with Gasteiger partial charge in [-0.15, -0.1) is 0 Å². The fourth-order valence-corrected chi connectivity index (χ4v) is 5.29. The van der Waals surface area contributed by atoms with E-state index in [1.54, 1.807) is 6.07 Å². The second kappa shape index (κ2) is 5.36. The molecule has 0 atom stereocenters. The minimum atomic E-state index is -0.468. The second-order valence-corrected chi connectivity index (χ2v) is 8.02. The van der Waals surface area contributed by atoms with Crippen molar-refractivity contribution in [1.82, 2.24) is 9.38 Å². The highest BCUT2D eigenvalue weighted by molar-refractivity contribution is 7.19. The summed E-state index contributed by atoms with van der Waals surface area (Å²) in [6.07, 6.45) is 2.34. The number of rotatable bonds is 1. The number of carbonyl (C=O) groups is 2. The quantitative estimate of drug-likeness (QED) is 0.470. The molecule has 7 heteroatoms. The van der Waals surface area contributed by atoms with E-state index in [0.29, 0.717) is 22.6 Å². The van der Waals surface area contributed by atoms with Gasteiger partial charge in [0.05, 0.1) is 11.4 Å². The van der Waals surface area contributed by atoms with Crippen LogP contribution in [0.2, 0.25) is 0 Å². The molecular weight excluding hydrogens is 374 g/mol. The van der Waals surface area contributed by atoms with Crippen molar-refractivity contribution in [2.24, 2.45) is 0 Å². The van der Waals surface area contributed by atoms with E-state index in [1.165, 1.54) is 9.30 Å². The van der Waals surface area contributed by atoms with Gasteiger partial charge in [-0.3, -0.25) is 14.4 Å². The zero-order valence-corrected chi connectivity index (χ0v) is 15.5. The molecule has 136 valence electrons. The molecule has 0 radical (unpaired) electrons. The first-order chi connectivity index (χ1) is 13.6. The number of anilines is 1. The van der Waals surface area contributed by atoms with Crippen molar-refractivity contribution in [2.45, 2.75) is 19.3 Å². The number of benzene rings is 2. The summed E-state index contributed by atoms with van der Waals surface area (Å²) in [6, 6.07) is 13.1. The summed E-state index contributed by atoms with van der Waals surface area (Å²) in [5.74, 6) is -0.865. The van der Waals surface area contributed by atoms with Crippen LogP contribution in [0.1, 0.15) is 37.8 Å². The molecule has 1 aliphatic carbocycles. The Morgan fingerprint density at radius 1 is 0.929 bits per heavy atom. The molecule has 0 N–H and O–H groups in total. The Kier molecular flexibility index (Phi) is 3.01. The van der Waals surface area contributed by atoms with Gasteiger partial charge in [-0.2, -0.15) is 0 Å². The smallest absolute Gasteiger partial charge is 0.269 e. The molecular formula is C21H13N3O3S. The van der Waals surface area contributed by atoms with Crippen molar-refractivity contribution in [3.8, 4) is 0 Å². The largest absolute Gasteiger partial charge is 0.284 e. The van der Waals surface area contributed by atoms with Crippen molar-refractivity contribution in [3.63, 3.8) is 0 Å². The van der Waals surface area contributed by atoms with Crippen molar-refractivity contribution in [2.75, 3.05) is 4.90 Å². The van der Waals surface area contributed by atoms with Gasteiger partial charge in [-0.25, -0.2) is 14.3 Å². The number of amides is 2. The van der Waals surface area contributed by atoms with Gasteiger partial charge in [0.25, 0.3) is 17.4 Å². The van der Waals surface area contributed by atoms with E-state index in [4.69, 9.17) is 0 Å². The SMILES string of the molecule is O=C1c2sc3nc4c(c(=O)n3c2C(=O)N1c1cccc2ccccc12)CCC4. The molecule has 0 spiro atoms. The highest BCUT2D eigenvalue weighted by Gasteiger charge is 2.42. The van der Waals surface area contributed by atoms with Gasteiger partial charge in [0.2, 0.25) is 0 Å². The van der Waals surface area contributed by atoms with Crippen LogP contribution in [-0.4, -0.2) is 21.2 Å². The fraction of sp³-hybridized carbons (Fsp3) is 0.143. The van der Waals surface area contributed by atoms with Gasteiger partial charge in [0.15, 0.2) is 4.96 Å². The average Bonchev–Trinajstić information content (AvgIpc) is 3.38. The molecule has 3 heterocycles. The average molecular weight is 387 g/mol. The third-order valence-corrected chi connectivity index (χ3v) is 6.54. The molecule has 28 heavy (non-hydrogen) atoms. The number of carbonyl (C=O) groups excluding carboxylic acids is 2. The fourth-order valence-electron chi connectivity index (χ4n) is 4.24. The van der Waals surface area contributed by atoms with Crippen LogP contribution in [0.15, 0.2) is 47.3 Å². The summed E-state index contributed by atoms with van der Waals surface area (Å²) in [4.78, 5) is 45.9. The monoisotopic (exact) mass is 387 g/mol. The minimum absolute atomic E-state index is 0.144. The third kappa shape index (κ3) is 1.86. The number of fused-ring (bicyclic) bond motifs is 5. The molecule has 0 saturated heterocycles. The zero-order valence-electron chi connectivity index (χ0n) is 14.6. The van der Waals surface area contributed by atoms with Crippen LogP contribution in [0, 0.1) is 0 Å². The topological polar surface area (TPSA) is 71.7 Å². The Balaban J connectivity index is 1.60. The molecule has 2 amide bonds. The van der Waals surface area contributed by atoms with Crippen molar-refractivity contribution in [1.29, 1.82) is 0 Å². The molecule has 0 unspecified atom stereocenters. The van der Waals surface area contributed by atoms with E-state index in [9.17, 15) is 14.4 Å². The highest BCUT2D eigenvalue weighted by Crippen LogP contribution is 2.36. The number of aryl methyl sites for hydroxylation is 1. The molecule has 0 fully saturated rings. The van der Waals surface area contributed by atoms with Crippen LogP contribution in [0.4, 0.5) is 5.69 Å². The lowest BCUT2D eigenvalue weighted by Gasteiger charge is -2.16. The molecule has 2 aliphatic rings. The lowest BCUT2D eigenvalue weighted by Crippen LogP contribution is -2.31. The lowest BCUT2D eigenvalue weighted by atomic mass is 10.1. The molecule has 2 aromatic heterocycles. The predicted molar refractivity (Wildman–Crippen MR) is 106 cm³/mol. The van der Waals surface area contributed by atoms with E-state index < -0.39 is 11.8 Å². The van der Waals surface area contributed by atoms with Crippen LogP contribution < -0.4 is 10.5 Å². The van der Waals surface area contributed by atoms with Crippen molar-refractivity contribution >= 4 is 44.6 Å². The number of hydrogen-bond acceptors (Lipinski definition) is 5. The van der Waals surface area contributed by atoms with Gasteiger partial charge < -0.3 is 0 Å². The van der Waals surface area contributed by atoms with E-state index in [-0.39, 0.29) is 16.1 Å². The minimum Gasteiger partial charge on any atom is -0.269 e. The Hall–Kier alpha value is -3.32. The molecule has 0 bridgehead atoms. The number of aromatic nitrogens is 2. The van der Waals surface area contributed by atoms with Gasteiger partial charge in [0.1, 0.15) is 10.6 Å². The van der Waals surface area contributed by atoms with Crippen LogP contribution in [0.3, 0.4) is 0 Å². The van der Waals surface area contributed by atoms with E-state index in [0.717, 1.165) is 40.6 Å². The van der Waals surface area contributed by atoms with Crippen molar-refractivity contribution < 1.29 is 9.59 Å². The maximum absolute atomic E-state index is 13.3. The third-order valence-electron chi connectivity index (χ3n) is 5.51. The molecule has 4 aromatic rings. The number of thiazole rings is 1. The second-order valence-electron chi connectivity index (χ2n) is 7.04.